The van der Waals surface area contributed by atoms with Crippen LogP contribution in [-0.2, 0) is 38.2 Å². The predicted octanol–water partition coefficient (Wildman–Crippen LogP) is 5.67. The summed E-state index contributed by atoms with van der Waals surface area (Å²) in [4.78, 5) is 92.1. The average molecular weight is 903 g/mol. The van der Waals surface area contributed by atoms with Crippen molar-refractivity contribution < 1.29 is 48.2 Å². The number of nitrogens with one attached hydrogen (secondary N) is 3. The summed E-state index contributed by atoms with van der Waals surface area (Å²) in [6.07, 6.45) is -0.351. The molecule has 4 aromatic rings. The molecule has 0 radical (unpaired) electrons. The van der Waals surface area contributed by atoms with E-state index in [4.69, 9.17) is 9.26 Å². The van der Waals surface area contributed by atoms with Crippen LogP contribution in [0.5, 0.6) is 0 Å². The van der Waals surface area contributed by atoms with Crippen LogP contribution in [0, 0.1) is 10.8 Å². The van der Waals surface area contributed by atoms with Gasteiger partial charge in [-0.2, -0.15) is 0 Å². The van der Waals surface area contributed by atoms with Crippen molar-refractivity contribution in [2.24, 2.45) is 10.8 Å². The number of benzene rings is 3. The van der Waals surface area contributed by atoms with Crippen LogP contribution in [0.1, 0.15) is 64.7 Å². The van der Waals surface area contributed by atoms with E-state index >= 15 is 0 Å². The number of aromatic nitrogens is 1. The summed E-state index contributed by atoms with van der Waals surface area (Å²) >= 11 is 0. The number of amides is 5. The van der Waals surface area contributed by atoms with E-state index in [2.05, 4.69) is 20.9 Å². The van der Waals surface area contributed by atoms with Gasteiger partial charge in [-0.05, 0) is 17.7 Å². The van der Waals surface area contributed by atoms with Crippen molar-refractivity contribution in [2.45, 2.75) is 97.6 Å². The van der Waals surface area contributed by atoms with E-state index in [9.17, 15) is 39.0 Å². The standard InChI is InChI=1S/C47H63N6O10P/c1-46(2,3)40(51-44(56)57)42(54)49-36(27-33-20-22-35(23-21-33)37-19-13-14-24-48-37)29-39(62-31-63-64(59,60)61)38(28-32-15-9-7-10-16-32)50-43(55)41(47(4,5)6)53-26-25-52(45(53)58)30-34-17-11-8-12-18-34/h7-24,36,38-41,51,59-61,64H,25-31H2,1-6H3,(H,49,54)(H,50,55)(H,56,57)/t36-,38-,39-,40+,41+/m0/s1. The SMILES string of the molecule is CC(C)(C)[C@H](NC(=O)O)C(=O)N[C@@H](Cc1ccc(-c2ccccn2)cc1)C[C@H](OCO[PH](O)(O)O)[C@H](Cc1ccccc1)NC(=O)[C@@H](N1CCN(Cc2ccccc2)C1=O)C(C)(C)C. The molecule has 0 aliphatic carbocycles. The zero-order valence-electron chi connectivity index (χ0n) is 37.3. The molecule has 0 saturated carbocycles. The first-order valence-corrected chi connectivity index (χ1v) is 23.1. The topological polar surface area (TPSA) is 223 Å². The fourth-order valence-corrected chi connectivity index (χ4v) is 8.16. The molecule has 3 aromatic carbocycles. The van der Waals surface area contributed by atoms with Crippen LogP contribution in [0.15, 0.2) is 109 Å². The minimum absolute atomic E-state index is 0.0245. The van der Waals surface area contributed by atoms with Gasteiger partial charge in [0.25, 0.3) is 0 Å². The molecule has 5 atom stereocenters. The van der Waals surface area contributed by atoms with Gasteiger partial charge in [-0.3, -0.25) is 4.98 Å². The van der Waals surface area contributed by atoms with Crippen LogP contribution in [0.2, 0.25) is 0 Å². The zero-order chi connectivity index (χ0) is 46.7. The predicted molar refractivity (Wildman–Crippen MR) is 244 cm³/mol. The van der Waals surface area contributed by atoms with Crippen LogP contribution in [0.3, 0.4) is 0 Å². The quantitative estimate of drug-likeness (QED) is 0.0423. The second-order valence-electron chi connectivity index (χ2n) is 18.3. The van der Waals surface area contributed by atoms with E-state index in [0.29, 0.717) is 19.6 Å². The molecular formula is C47H63N6O10P. The molecule has 1 fully saturated rings. The van der Waals surface area contributed by atoms with Crippen molar-refractivity contribution in [3.63, 3.8) is 0 Å². The molecule has 5 rings (SSSR count). The first-order chi connectivity index (χ1) is 30.2. The summed E-state index contributed by atoms with van der Waals surface area (Å²) < 4.78 is 11.2. The number of ether oxygens (including phenoxy) is 1. The third-order valence-electron chi connectivity index (χ3n) is 11.0. The molecule has 5 amide bonds. The molecule has 64 heavy (non-hydrogen) atoms. The Bertz CT molecular complexity index is 2130. The Morgan fingerprint density at radius 1 is 0.734 bits per heavy atom. The summed E-state index contributed by atoms with van der Waals surface area (Å²) in [6.45, 7) is 11.2. The van der Waals surface area contributed by atoms with Crippen molar-refractivity contribution in [3.05, 3.63) is 126 Å². The molecule has 1 saturated heterocycles. The molecule has 1 aliphatic heterocycles. The third-order valence-corrected chi connectivity index (χ3v) is 11.5. The average Bonchev–Trinajstić information content (AvgIpc) is 3.56. The normalized spacial score (nSPS) is 16.0. The summed E-state index contributed by atoms with van der Waals surface area (Å²) in [5.41, 5.74) is 2.61. The minimum atomic E-state index is -5.08. The summed E-state index contributed by atoms with van der Waals surface area (Å²) in [6, 6.07) is 28.0. The molecule has 16 nitrogen and oxygen atoms in total. The van der Waals surface area contributed by atoms with Gasteiger partial charge < -0.3 is 0 Å². The summed E-state index contributed by atoms with van der Waals surface area (Å²) in [7, 11) is -5.08. The molecule has 0 unspecified atom stereocenters. The number of nitrogens with zero attached hydrogens (tertiary/aromatic N) is 3. The first kappa shape index (κ1) is 49.5. The van der Waals surface area contributed by atoms with E-state index in [-0.39, 0.29) is 25.3 Å². The van der Waals surface area contributed by atoms with Crippen LogP contribution in [0.4, 0.5) is 9.59 Å². The zero-order valence-corrected chi connectivity index (χ0v) is 38.3. The molecule has 17 heteroatoms. The Labute approximate surface area is 375 Å². The number of carbonyl (C=O) groups is 4. The van der Waals surface area contributed by atoms with E-state index < -0.39 is 74.0 Å². The Morgan fingerprint density at radius 3 is 1.91 bits per heavy atom. The number of carbonyl (C=O) groups excluding carboxylic acids is 3. The maximum absolute atomic E-state index is 14.9. The monoisotopic (exact) mass is 902 g/mol. The van der Waals surface area contributed by atoms with Crippen molar-refractivity contribution in [1.29, 1.82) is 0 Å². The van der Waals surface area contributed by atoms with Crippen LogP contribution in [0.25, 0.3) is 11.3 Å². The maximum atomic E-state index is 14.9. The Balaban J connectivity index is 1.52. The van der Waals surface area contributed by atoms with E-state index in [1.54, 1.807) is 36.8 Å². The van der Waals surface area contributed by atoms with Gasteiger partial charge in [0, 0.05) is 6.20 Å². The molecule has 7 N–H and O–H groups in total. The van der Waals surface area contributed by atoms with Crippen LogP contribution < -0.4 is 16.0 Å². The Kier molecular flexibility index (Phi) is 17.0. The van der Waals surface area contributed by atoms with Gasteiger partial charge in [0.05, 0.1) is 0 Å². The fraction of sp³-hybridized carbons (Fsp3) is 0.426. The van der Waals surface area contributed by atoms with Gasteiger partial charge in [0.2, 0.25) is 0 Å². The second-order valence-corrected chi connectivity index (χ2v) is 19.7. The second kappa shape index (κ2) is 21.9. The van der Waals surface area contributed by atoms with Gasteiger partial charge in [-0.25, -0.2) is 0 Å². The molecule has 1 aliphatic rings. The number of hydrogen-bond acceptors (Lipinski definition) is 10. The van der Waals surface area contributed by atoms with Gasteiger partial charge in [-0.15, -0.1) is 0 Å². The van der Waals surface area contributed by atoms with Crippen LogP contribution >= 0.6 is 8.17 Å². The van der Waals surface area contributed by atoms with Crippen molar-refractivity contribution in [2.75, 3.05) is 19.9 Å². The van der Waals surface area contributed by atoms with E-state index in [1.165, 1.54) is 0 Å². The molecule has 346 valence electrons. The number of urea groups is 1. The molecule has 2 heterocycles. The number of pyridine rings is 1. The van der Waals surface area contributed by atoms with Gasteiger partial charge >= 0.3 is 311 Å². The van der Waals surface area contributed by atoms with Gasteiger partial charge in [0.1, 0.15) is 0 Å². The van der Waals surface area contributed by atoms with Crippen molar-refractivity contribution in [3.8, 4) is 11.3 Å². The first-order valence-electron chi connectivity index (χ1n) is 21.3. The van der Waals surface area contributed by atoms with Crippen molar-refractivity contribution >= 4 is 32.1 Å². The third kappa shape index (κ3) is 14.8. The number of carboxylic acid groups (broad SMARTS) is 1. The van der Waals surface area contributed by atoms with E-state index in [1.807, 2.05) is 124 Å². The Hall–Kier alpha value is -5.48. The molecule has 0 spiro atoms. The van der Waals surface area contributed by atoms with E-state index in [0.717, 1.165) is 27.9 Å². The fourth-order valence-electron chi connectivity index (χ4n) is 7.93. The Morgan fingerprint density at radius 2 is 1.34 bits per heavy atom. The summed E-state index contributed by atoms with van der Waals surface area (Å²) in [5, 5.41) is 18.3. The molecule has 1 aromatic heterocycles. The number of hydrogen-bond donors (Lipinski definition) is 7. The van der Waals surface area contributed by atoms with Crippen molar-refractivity contribution in [1.82, 2.24) is 30.7 Å². The molecule has 0 bridgehead atoms. The molecular weight excluding hydrogens is 840 g/mol. The summed E-state index contributed by atoms with van der Waals surface area (Å²) in [5.74, 6) is -1.06. The van der Waals surface area contributed by atoms with Gasteiger partial charge in [0.15, 0.2) is 0 Å². The van der Waals surface area contributed by atoms with Crippen LogP contribution in [-0.4, -0.2) is 109 Å². The number of rotatable bonds is 20. The van der Waals surface area contributed by atoms with Gasteiger partial charge in [-0.1, -0.05) is 36.4 Å².